The van der Waals surface area contributed by atoms with E-state index < -0.39 is 12.3 Å². The third-order valence-corrected chi connectivity index (χ3v) is 5.90. The molecule has 2 aromatic rings. The highest BCUT2D eigenvalue weighted by Gasteiger charge is 2.44. The van der Waals surface area contributed by atoms with Crippen LogP contribution in [0.2, 0.25) is 0 Å². The van der Waals surface area contributed by atoms with Gasteiger partial charge in [-0.1, -0.05) is 24.0 Å². The van der Waals surface area contributed by atoms with Gasteiger partial charge in [-0.3, -0.25) is 9.29 Å². The van der Waals surface area contributed by atoms with Gasteiger partial charge < -0.3 is 9.84 Å². The fourth-order valence-electron chi connectivity index (χ4n) is 4.19. The summed E-state index contributed by atoms with van der Waals surface area (Å²) in [5, 5.41) is 11.1. The van der Waals surface area contributed by atoms with Crippen molar-refractivity contribution >= 4 is 0 Å². The van der Waals surface area contributed by atoms with E-state index in [1.165, 1.54) is 12.1 Å². The summed E-state index contributed by atoms with van der Waals surface area (Å²) >= 11 is 0. The van der Waals surface area contributed by atoms with Crippen LogP contribution in [-0.2, 0) is 6.42 Å². The maximum Gasteiger partial charge on any atom is 0.213 e. The standard InChI is InChI=1S/C24H26F2N2O2/c25-12-1-15-30-23-7-4-19(22(27-23)16-18-2-5-21(26)6-3-18)8-11-24(29)17-28-13-9-20(24)10-14-28/h2-7,20,29H,1,9-10,12-17H2/t24-/m1/s1. The lowest BCUT2D eigenvalue weighted by molar-refractivity contribution is -0.0713. The second-order valence-electron chi connectivity index (χ2n) is 8.06. The third-order valence-electron chi connectivity index (χ3n) is 5.90. The Labute approximate surface area is 175 Å². The van der Waals surface area contributed by atoms with Gasteiger partial charge in [0.2, 0.25) is 5.88 Å². The summed E-state index contributed by atoms with van der Waals surface area (Å²) in [6, 6.07) is 9.80. The van der Waals surface area contributed by atoms with E-state index in [9.17, 15) is 13.9 Å². The molecule has 4 heterocycles. The highest BCUT2D eigenvalue weighted by atomic mass is 19.1. The van der Waals surface area contributed by atoms with Gasteiger partial charge in [0.05, 0.1) is 19.0 Å². The first-order valence-corrected chi connectivity index (χ1v) is 10.5. The number of rotatable bonds is 6. The van der Waals surface area contributed by atoms with Crippen LogP contribution in [0.3, 0.4) is 0 Å². The molecule has 0 radical (unpaired) electrons. The minimum Gasteiger partial charge on any atom is -0.478 e. The van der Waals surface area contributed by atoms with Crippen molar-refractivity contribution in [3.05, 3.63) is 59.0 Å². The molecule has 2 bridgehead atoms. The van der Waals surface area contributed by atoms with Gasteiger partial charge in [-0.15, -0.1) is 0 Å². The zero-order chi connectivity index (χ0) is 21.0. The molecule has 0 saturated carbocycles. The lowest BCUT2D eigenvalue weighted by Crippen LogP contribution is -2.58. The number of ether oxygens (including phenoxy) is 1. The molecule has 3 fully saturated rings. The minimum absolute atomic E-state index is 0.201. The Morgan fingerprint density at radius 2 is 1.93 bits per heavy atom. The van der Waals surface area contributed by atoms with Crippen molar-refractivity contribution in [3.63, 3.8) is 0 Å². The van der Waals surface area contributed by atoms with E-state index in [1.54, 1.807) is 18.2 Å². The van der Waals surface area contributed by atoms with E-state index in [-0.39, 0.29) is 18.3 Å². The van der Waals surface area contributed by atoms with E-state index in [0.717, 1.165) is 31.5 Å². The minimum atomic E-state index is -1.00. The van der Waals surface area contributed by atoms with E-state index in [4.69, 9.17) is 4.74 Å². The number of hydrogen-bond acceptors (Lipinski definition) is 4. The molecule has 6 heteroatoms. The van der Waals surface area contributed by atoms with Gasteiger partial charge in [0.25, 0.3) is 0 Å². The second-order valence-corrected chi connectivity index (χ2v) is 8.06. The van der Waals surface area contributed by atoms with Gasteiger partial charge in [-0.2, -0.15) is 0 Å². The van der Waals surface area contributed by atoms with Crippen LogP contribution in [0.15, 0.2) is 36.4 Å². The third kappa shape index (κ3) is 4.80. The molecule has 0 unspecified atom stereocenters. The number of benzene rings is 1. The van der Waals surface area contributed by atoms with Crippen LogP contribution in [0.4, 0.5) is 8.78 Å². The maximum atomic E-state index is 13.3. The van der Waals surface area contributed by atoms with Gasteiger partial charge in [-0.25, -0.2) is 9.37 Å². The lowest BCUT2D eigenvalue weighted by atomic mass is 9.75. The predicted molar refractivity (Wildman–Crippen MR) is 111 cm³/mol. The SMILES string of the molecule is O[C@]1(C#Cc2ccc(OCCCF)nc2Cc2ccc(F)cc2)CN2CCC1CC2. The fourth-order valence-corrected chi connectivity index (χ4v) is 4.19. The summed E-state index contributed by atoms with van der Waals surface area (Å²) in [5.41, 5.74) is 1.30. The molecule has 158 valence electrons. The number of piperidine rings is 3. The van der Waals surface area contributed by atoms with Crippen molar-refractivity contribution in [2.24, 2.45) is 5.92 Å². The Bertz CT molecular complexity index is 930. The van der Waals surface area contributed by atoms with Gasteiger partial charge >= 0.3 is 0 Å². The number of pyridine rings is 1. The van der Waals surface area contributed by atoms with Crippen LogP contribution in [0, 0.1) is 23.6 Å². The number of aliphatic hydroxyl groups is 1. The normalized spacial score (nSPS) is 24.9. The topological polar surface area (TPSA) is 45.6 Å². The van der Waals surface area contributed by atoms with Crippen molar-refractivity contribution in [2.45, 2.75) is 31.3 Å². The molecule has 3 aliphatic rings. The molecule has 5 rings (SSSR count). The number of nitrogens with zero attached hydrogens (tertiary/aromatic N) is 2. The Morgan fingerprint density at radius 1 is 1.17 bits per heavy atom. The van der Waals surface area contributed by atoms with Gasteiger partial charge in [0.15, 0.2) is 0 Å². The maximum absolute atomic E-state index is 13.3. The van der Waals surface area contributed by atoms with Crippen LogP contribution >= 0.6 is 0 Å². The quantitative estimate of drug-likeness (QED) is 0.584. The molecule has 1 aromatic carbocycles. The molecule has 1 N–H and O–H groups in total. The molecule has 1 atom stereocenters. The van der Waals surface area contributed by atoms with Gasteiger partial charge in [0, 0.05) is 36.9 Å². The largest absolute Gasteiger partial charge is 0.478 e. The van der Waals surface area contributed by atoms with Crippen LogP contribution in [-0.4, -0.2) is 53.5 Å². The average molecular weight is 412 g/mol. The van der Waals surface area contributed by atoms with Crippen LogP contribution in [0.5, 0.6) is 5.88 Å². The Hall–Kier alpha value is -2.49. The zero-order valence-electron chi connectivity index (χ0n) is 16.9. The molecule has 30 heavy (non-hydrogen) atoms. The fraction of sp³-hybridized carbons (Fsp3) is 0.458. The zero-order valence-corrected chi connectivity index (χ0v) is 16.9. The van der Waals surface area contributed by atoms with Crippen molar-refractivity contribution in [3.8, 4) is 17.7 Å². The number of halogens is 2. The number of hydrogen-bond donors (Lipinski definition) is 1. The molecule has 0 aliphatic carbocycles. The monoisotopic (exact) mass is 412 g/mol. The van der Waals surface area contributed by atoms with E-state index in [1.807, 2.05) is 6.07 Å². The first-order valence-electron chi connectivity index (χ1n) is 10.5. The summed E-state index contributed by atoms with van der Waals surface area (Å²) in [4.78, 5) is 6.82. The smallest absolute Gasteiger partial charge is 0.213 e. The average Bonchev–Trinajstić information content (AvgIpc) is 2.76. The van der Waals surface area contributed by atoms with E-state index >= 15 is 0 Å². The van der Waals surface area contributed by atoms with Crippen molar-refractivity contribution in [1.29, 1.82) is 0 Å². The predicted octanol–water partition coefficient (Wildman–Crippen LogP) is 3.36. The van der Waals surface area contributed by atoms with E-state index in [0.29, 0.717) is 36.5 Å². The van der Waals surface area contributed by atoms with Crippen molar-refractivity contribution in [1.82, 2.24) is 9.88 Å². The van der Waals surface area contributed by atoms with Gasteiger partial charge in [0.1, 0.15) is 11.4 Å². The Morgan fingerprint density at radius 3 is 2.60 bits per heavy atom. The molecule has 0 spiro atoms. The summed E-state index contributed by atoms with van der Waals surface area (Å²) in [6.07, 6.45) is 2.69. The molecule has 1 aromatic heterocycles. The molecule has 3 aliphatic heterocycles. The summed E-state index contributed by atoms with van der Waals surface area (Å²) in [5.74, 6) is 6.60. The molecule has 4 nitrogen and oxygen atoms in total. The number of aromatic nitrogens is 1. The molecular weight excluding hydrogens is 386 g/mol. The van der Waals surface area contributed by atoms with Gasteiger partial charge in [-0.05, 0) is 49.7 Å². The number of alkyl halides is 1. The summed E-state index contributed by atoms with van der Waals surface area (Å²) in [6.45, 7) is 2.44. The van der Waals surface area contributed by atoms with Crippen LogP contribution < -0.4 is 4.74 Å². The number of fused-ring (bicyclic) bond motifs is 3. The van der Waals surface area contributed by atoms with Crippen LogP contribution in [0.1, 0.15) is 36.1 Å². The molecule has 3 saturated heterocycles. The second kappa shape index (κ2) is 9.11. The van der Waals surface area contributed by atoms with Crippen LogP contribution in [0.25, 0.3) is 0 Å². The van der Waals surface area contributed by atoms with Crippen molar-refractivity contribution in [2.75, 3.05) is 32.9 Å². The molecular formula is C24H26F2N2O2. The summed E-state index contributed by atoms with van der Waals surface area (Å²) in [7, 11) is 0. The first kappa shape index (κ1) is 20.8. The Kier molecular flexibility index (Phi) is 6.31. The highest BCUT2D eigenvalue weighted by molar-refractivity contribution is 5.44. The lowest BCUT2D eigenvalue weighted by Gasteiger charge is -2.47. The summed E-state index contributed by atoms with van der Waals surface area (Å²) < 4.78 is 31.2. The molecule has 0 amide bonds. The first-order chi connectivity index (χ1) is 14.6. The van der Waals surface area contributed by atoms with Crippen molar-refractivity contribution < 1.29 is 18.6 Å². The highest BCUT2D eigenvalue weighted by Crippen LogP contribution is 2.35. The van der Waals surface area contributed by atoms with E-state index in [2.05, 4.69) is 21.7 Å². The Balaban J connectivity index is 1.60.